The van der Waals surface area contributed by atoms with Crippen LogP contribution < -0.4 is 0 Å². The largest absolute Gasteiger partial charge is 0.406 e. The minimum Gasteiger partial charge on any atom is -0.366 e. The van der Waals surface area contributed by atoms with Crippen molar-refractivity contribution < 1.29 is 22.4 Å². The number of halogens is 4. The van der Waals surface area contributed by atoms with Crippen LogP contribution in [-0.4, -0.2) is 48.4 Å². The normalized spacial score (nSPS) is 11.7. The third kappa shape index (κ3) is 6.30. The first kappa shape index (κ1) is 23.4. The maximum absolute atomic E-state index is 14.0. The van der Waals surface area contributed by atoms with E-state index in [1.54, 1.807) is 26.3 Å². The van der Waals surface area contributed by atoms with E-state index in [1.807, 2.05) is 18.9 Å². The second-order valence-electron chi connectivity index (χ2n) is 7.14. The lowest BCUT2D eigenvalue weighted by Crippen LogP contribution is -2.39. The number of rotatable bonds is 7. The Hall–Kier alpha value is -2.90. The summed E-state index contributed by atoms with van der Waals surface area (Å²) < 4.78 is 53.4. The molecular weight excluding hydrogens is 398 g/mol. The van der Waals surface area contributed by atoms with Crippen LogP contribution in [0.25, 0.3) is 0 Å². The predicted molar refractivity (Wildman–Crippen MR) is 110 cm³/mol. The van der Waals surface area contributed by atoms with Crippen molar-refractivity contribution >= 4 is 17.9 Å². The van der Waals surface area contributed by atoms with E-state index in [9.17, 15) is 22.4 Å². The second kappa shape index (κ2) is 9.73. The standard InChI is InChI=1S/C22H25F4N3O/c1-5-28(4)14-27-20-11-15(2)18(10-16(20)3)21(30)29(13-22(24,25)26)12-17-8-6-7-9-19(17)23/h6-11,14H,5,12-13H2,1-4H3. The zero-order valence-electron chi connectivity index (χ0n) is 17.4. The Morgan fingerprint density at radius 1 is 1.13 bits per heavy atom. The Labute approximate surface area is 173 Å². The average Bonchev–Trinajstić information content (AvgIpc) is 2.67. The van der Waals surface area contributed by atoms with Gasteiger partial charge in [-0.3, -0.25) is 4.79 Å². The van der Waals surface area contributed by atoms with Crippen molar-refractivity contribution in [1.82, 2.24) is 9.80 Å². The van der Waals surface area contributed by atoms with Gasteiger partial charge >= 0.3 is 6.18 Å². The summed E-state index contributed by atoms with van der Waals surface area (Å²) in [6.45, 7) is 4.16. The molecule has 0 heterocycles. The fourth-order valence-electron chi connectivity index (χ4n) is 2.83. The molecule has 0 unspecified atom stereocenters. The highest BCUT2D eigenvalue weighted by Crippen LogP contribution is 2.26. The van der Waals surface area contributed by atoms with E-state index in [0.29, 0.717) is 21.7 Å². The Kier molecular flexibility index (Phi) is 7.59. The number of hydrogen-bond acceptors (Lipinski definition) is 2. The molecule has 0 atom stereocenters. The van der Waals surface area contributed by atoms with Gasteiger partial charge in [-0.1, -0.05) is 18.2 Å². The number of carbonyl (C=O) groups excluding carboxylic acids is 1. The lowest BCUT2D eigenvalue weighted by Gasteiger charge is -2.25. The Morgan fingerprint density at radius 2 is 1.80 bits per heavy atom. The summed E-state index contributed by atoms with van der Waals surface area (Å²) in [4.78, 5) is 19.8. The molecule has 162 valence electrons. The van der Waals surface area contributed by atoms with Crippen LogP contribution in [0.4, 0.5) is 23.2 Å². The van der Waals surface area contributed by atoms with Crippen molar-refractivity contribution in [1.29, 1.82) is 0 Å². The minimum atomic E-state index is -4.61. The number of aryl methyl sites for hydroxylation is 2. The van der Waals surface area contributed by atoms with E-state index >= 15 is 0 Å². The van der Waals surface area contributed by atoms with Crippen LogP contribution in [0.2, 0.25) is 0 Å². The predicted octanol–water partition coefficient (Wildman–Crippen LogP) is 5.26. The molecule has 0 bridgehead atoms. The molecule has 0 radical (unpaired) electrons. The van der Waals surface area contributed by atoms with Gasteiger partial charge in [0.05, 0.1) is 12.0 Å². The molecule has 0 saturated carbocycles. The molecule has 30 heavy (non-hydrogen) atoms. The van der Waals surface area contributed by atoms with Crippen molar-refractivity contribution in [3.8, 4) is 0 Å². The van der Waals surface area contributed by atoms with Gasteiger partial charge in [0.2, 0.25) is 0 Å². The van der Waals surface area contributed by atoms with Crippen LogP contribution in [0, 0.1) is 19.7 Å². The van der Waals surface area contributed by atoms with Crippen LogP contribution >= 0.6 is 0 Å². The van der Waals surface area contributed by atoms with Gasteiger partial charge in [-0.25, -0.2) is 9.38 Å². The smallest absolute Gasteiger partial charge is 0.366 e. The number of carbonyl (C=O) groups is 1. The van der Waals surface area contributed by atoms with Crippen molar-refractivity contribution in [2.45, 2.75) is 33.5 Å². The quantitative estimate of drug-likeness (QED) is 0.346. The first-order valence-corrected chi connectivity index (χ1v) is 9.47. The van der Waals surface area contributed by atoms with Crippen LogP contribution in [0.3, 0.4) is 0 Å². The molecule has 4 nitrogen and oxygen atoms in total. The number of benzene rings is 2. The SMILES string of the molecule is CCN(C)C=Nc1cc(C)c(C(=O)N(Cc2ccccc2F)CC(F)(F)F)cc1C. The first-order valence-electron chi connectivity index (χ1n) is 9.47. The molecule has 0 spiro atoms. The van der Waals surface area contributed by atoms with Crippen molar-refractivity contribution in [3.63, 3.8) is 0 Å². The highest BCUT2D eigenvalue weighted by Gasteiger charge is 2.34. The summed E-state index contributed by atoms with van der Waals surface area (Å²) in [5.41, 5.74) is 1.94. The van der Waals surface area contributed by atoms with Gasteiger partial charge in [-0.15, -0.1) is 0 Å². The Morgan fingerprint density at radius 3 is 2.40 bits per heavy atom. The van der Waals surface area contributed by atoms with E-state index in [4.69, 9.17) is 0 Å². The van der Waals surface area contributed by atoms with Gasteiger partial charge in [0.1, 0.15) is 12.4 Å². The summed E-state index contributed by atoms with van der Waals surface area (Å²) in [5.74, 6) is -1.47. The fourth-order valence-corrected chi connectivity index (χ4v) is 2.83. The number of amides is 1. The molecule has 8 heteroatoms. The molecular formula is C22H25F4N3O. The van der Waals surface area contributed by atoms with Crippen molar-refractivity contribution in [3.05, 3.63) is 64.5 Å². The maximum Gasteiger partial charge on any atom is 0.406 e. The zero-order chi connectivity index (χ0) is 22.5. The zero-order valence-corrected chi connectivity index (χ0v) is 17.4. The number of alkyl halides is 3. The molecule has 0 aliphatic carbocycles. The summed E-state index contributed by atoms with van der Waals surface area (Å²) >= 11 is 0. The van der Waals surface area contributed by atoms with Gasteiger partial charge < -0.3 is 9.80 Å². The number of aliphatic imine (C=N–C) groups is 1. The molecule has 2 aromatic carbocycles. The van der Waals surface area contributed by atoms with Crippen LogP contribution in [0.5, 0.6) is 0 Å². The molecule has 0 fully saturated rings. The van der Waals surface area contributed by atoms with E-state index in [1.165, 1.54) is 24.3 Å². The van der Waals surface area contributed by atoms with E-state index in [0.717, 1.165) is 12.6 Å². The molecule has 0 aliphatic heterocycles. The molecule has 0 N–H and O–H groups in total. The molecule has 2 aromatic rings. The first-order chi connectivity index (χ1) is 14.0. The maximum atomic E-state index is 14.0. The minimum absolute atomic E-state index is 0.0216. The van der Waals surface area contributed by atoms with Crippen LogP contribution in [0.1, 0.15) is 34.0 Å². The summed E-state index contributed by atoms with van der Waals surface area (Å²) in [6, 6.07) is 8.67. The summed E-state index contributed by atoms with van der Waals surface area (Å²) in [5, 5.41) is 0. The average molecular weight is 423 g/mol. The van der Waals surface area contributed by atoms with Crippen molar-refractivity contribution in [2.24, 2.45) is 4.99 Å². The number of nitrogens with zero attached hydrogens (tertiary/aromatic N) is 3. The van der Waals surface area contributed by atoms with Gasteiger partial charge in [-0.2, -0.15) is 13.2 Å². The van der Waals surface area contributed by atoms with E-state index < -0.39 is 31.0 Å². The summed E-state index contributed by atoms with van der Waals surface area (Å²) in [7, 11) is 1.86. The highest BCUT2D eigenvalue weighted by atomic mass is 19.4. The lowest BCUT2D eigenvalue weighted by molar-refractivity contribution is -0.141. The molecule has 2 rings (SSSR count). The molecule has 0 saturated heterocycles. The van der Waals surface area contributed by atoms with Crippen LogP contribution in [-0.2, 0) is 6.54 Å². The van der Waals surface area contributed by atoms with E-state index in [-0.39, 0.29) is 11.1 Å². The monoisotopic (exact) mass is 423 g/mol. The van der Waals surface area contributed by atoms with Gasteiger partial charge in [0.15, 0.2) is 0 Å². The summed E-state index contributed by atoms with van der Waals surface area (Å²) in [6.07, 6.45) is -2.96. The van der Waals surface area contributed by atoms with E-state index in [2.05, 4.69) is 4.99 Å². The van der Waals surface area contributed by atoms with Gasteiger partial charge in [-0.05, 0) is 50.1 Å². The number of hydrogen-bond donors (Lipinski definition) is 0. The fraction of sp³-hybridized carbons (Fsp3) is 0.364. The van der Waals surface area contributed by atoms with Gasteiger partial charge in [0.25, 0.3) is 5.91 Å². The lowest BCUT2D eigenvalue weighted by atomic mass is 10.0. The Balaban J connectivity index is 2.38. The Bertz CT molecular complexity index is 925. The topological polar surface area (TPSA) is 35.9 Å². The van der Waals surface area contributed by atoms with Crippen molar-refractivity contribution in [2.75, 3.05) is 20.1 Å². The molecule has 1 amide bonds. The van der Waals surface area contributed by atoms with Crippen LogP contribution in [0.15, 0.2) is 41.4 Å². The van der Waals surface area contributed by atoms with Gasteiger partial charge in [0, 0.05) is 31.3 Å². The third-order valence-corrected chi connectivity index (χ3v) is 4.64. The molecule has 0 aromatic heterocycles. The second-order valence-corrected chi connectivity index (χ2v) is 7.14. The third-order valence-electron chi connectivity index (χ3n) is 4.64. The molecule has 0 aliphatic rings. The highest BCUT2D eigenvalue weighted by molar-refractivity contribution is 5.96.